The molecule has 10 fully saturated rings. The van der Waals surface area contributed by atoms with Gasteiger partial charge in [-0.3, -0.25) is 0 Å². The molecule has 0 amide bonds. The van der Waals surface area contributed by atoms with E-state index in [1.165, 1.54) is 5.56 Å². The molecule has 8 unspecified atom stereocenters. The molecular weight excluding hydrogens is 344 g/mol. The van der Waals surface area contributed by atoms with E-state index < -0.39 is 6.51 Å². The van der Waals surface area contributed by atoms with Crippen molar-refractivity contribution in [1.82, 2.24) is 0 Å². The number of ether oxygens (including phenoxy) is 1. The van der Waals surface area contributed by atoms with E-state index in [1.807, 2.05) is 18.2 Å². The fourth-order valence-corrected chi connectivity index (χ4v) is 94.4. The fourth-order valence-electron chi connectivity index (χ4n) is 18.9. The van der Waals surface area contributed by atoms with Gasteiger partial charge in [0, 0.05) is 0 Å². The molecule has 11 rings (SSSR count). The van der Waals surface area contributed by atoms with Crippen LogP contribution in [0.5, 0.6) is 0 Å². The van der Waals surface area contributed by atoms with Gasteiger partial charge in [0.15, 0.2) is 0 Å². The zero-order valence-electron chi connectivity index (χ0n) is 13.3. The molecule has 10 heterocycles. The zero-order valence-corrected chi connectivity index (χ0v) is 14.4. The molecule has 0 N–H and O–H groups in total. The summed E-state index contributed by atoms with van der Waals surface area (Å²) in [5.41, 5.74) is 1.17. The van der Waals surface area contributed by atoms with Gasteiger partial charge in [0.1, 0.15) is 0 Å². The van der Waals surface area contributed by atoms with Gasteiger partial charge in [0.25, 0.3) is 0 Å². The third-order valence-electron chi connectivity index (χ3n) is 16.9. The van der Waals surface area contributed by atoms with Gasteiger partial charge in [-0.15, -0.1) is 0 Å². The minimum absolute atomic E-state index is 0.00942. The van der Waals surface area contributed by atoms with Gasteiger partial charge in [0.05, 0.1) is 0 Å². The Labute approximate surface area is 129 Å². The predicted molar refractivity (Wildman–Crippen MR) is 82.6 cm³/mol. The SMILES string of the molecule is COC(=O)[C]12[CH]3[CH]4[CH]5[CH]1[Fe]45321678[CH]2[CH]1[CH]6[C]7(C(=O)Cc1ccccc1)[CH]28. The summed E-state index contributed by atoms with van der Waals surface area (Å²) in [7, 11) is 1.59. The van der Waals surface area contributed by atoms with Crippen LogP contribution in [0.15, 0.2) is 30.3 Å². The first-order valence-corrected chi connectivity index (χ1v) is 15.5. The van der Waals surface area contributed by atoms with Gasteiger partial charge in [0.2, 0.25) is 0 Å². The topological polar surface area (TPSA) is 43.4 Å². The van der Waals surface area contributed by atoms with E-state index in [4.69, 9.17) is 4.74 Å². The van der Waals surface area contributed by atoms with Crippen LogP contribution in [0.4, 0.5) is 0 Å². The third-order valence-corrected chi connectivity index (χ3v) is 59.6. The normalized spacial score (nSPS) is 90.4. The van der Waals surface area contributed by atoms with Crippen molar-refractivity contribution in [3.05, 3.63) is 35.9 Å². The van der Waals surface area contributed by atoms with E-state index in [2.05, 4.69) is 12.1 Å². The first-order chi connectivity index (χ1) is 11.4. The summed E-state index contributed by atoms with van der Waals surface area (Å²) in [6.45, 7) is -3.97. The third kappa shape index (κ3) is 0.131. The molecule has 0 radical (unpaired) electrons. The second kappa shape index (κ2) is 1.04. The first kappa shape index (κ1) is 10.1. The van der Waals surface area contributed by atoms with E-state index in [9.17, 15) is 9.59 Å². The Morgan fingerprint density at radius 2 is 1.50 bits per heavy atom. The molecule has 0 aromatic heterocycles. The monoisotopic (exact) mass is 362 g/mol. The molecule has 1 aromatic carbocycles. The molecule has 10 aliphatic heterocycles. The van der Waals surface area contributed by atoms with Crippen LogP contribution in [0.1, 0.15) is 5.56 Å². The van der Waals surface area contributed by atoms with Crippen molar-refractivity contribution in [3.63, 3.8) is 0 Å². The number of carbonyl (C=O) groups is 2. The number of methoxy groups -OCH3 is 1. The molecule has 10 saturated heterocycles. The van der Waals surface area contributed by atoms with E-state index in [-0.39, 0.29) is 14.6 Å². The summed E-state index contributed by atoms with van der Waals surface area (Å²) >= 11 is 0. The maximum absolute atomic E-state index is 13.7. The average Bonchev–Trinajstić information content (AvgIpc) is 3.54. The Bertz CT molecular complexity index is 1400. The van der Waals surface area contributed by atoms with Gasteiger partial charge in [-0.1, -0.05) is 0 Å². The number of Topliss-reactive ketones (excluding diaryl/α,β-unsaturated/α-hetero) is 1. The van der Waals surface area contributed by atoms with Crippen LogP contribution in [0, 0.1) is 0 Å². The summed E-state index contributed by atoms with van der Waals surface area (Å²) in [6.07, 6.45) is 0.620. The van der Waals surface area contributed by atoms with Crippen molar-refractivity contribution in [2.45, 2.75) is 53.6 Å². The molecule has 3 nitrogen and oxygen atoms in total. The molecule has 24 heavy (non-hydrogen) atoms. The summed E-state index contributed by atoms with van der Waals surface area (Å²) < 4.78 is 5.52. The quantitative estimate of drug-likeness (QED) is 0.598. The Kier molecular flexibility index (Phi) is 0.438. The number of benzene rings is 1. The predicted octanol–water partition coefficient (Wildman–Crippen LogP) is 4.10. The van der Waals surface area contributed by atoms with Crippen LogP contribution in [0.3, 0.4) is 0 Å². The standard InChI is InChI=1S/C13H11O.C7H7O2.Fe/c14-13(12-8-4-5-9-12)10-11-6-2-1-3-7-11;1-9-7(8)6-4-2-3-5-6;/h1-9H,10H2;2-5H,1H3;. The molecule has 4 heteroatoms. The molecule has 8 atom stereocenters. The van der Waals surface area contributed by atoms with Crippen molar-refractivity contribution in [3.8, 4) is 0 Å². The van der Waals surface area contributed by atoms with Crippen LogP contribution >= 0.6 is 0 Å². The Hall–Kier alpha value is -1.12. The van der Waals surface area contributed by atoms with Gasteiger partial charge >= 0.3 is 129 Å². The van der Waals surface area contributed by atoms with Crippen LogP contribution in [0.2, 0.25) is 47.2 Å². The minimum atomic E-state index is -3.97. The summed E-state index contributed by atoms with van der Waals surface area (Å²) in [4.78, 5) is 33.5. The number of rotatable bonds is 4. The van der Waals surface area contributed by atoms with Crippen molar-refractivity contribution in [2.24, 2.45) is 0 Å². The number of hydrogen-bond donors (Lipinski definition) is 0. The van der Waals surface area contributed by atoms with Gasteiger partial charge in [-0.2, -0.15) is 0 Å². The molecular formula is C20H18FeO3. The second-order valence-corrected chi connectivity index (χ2v) is 35.6. The number of fused-ring (bicyclic) bond motifs is 10. The average molecular weight is 362 g/mol. The summed E-state index contributed by atoms with van der Waals surface area (Å²) in [5.74, 6) is 0.726. The first-order valence-electron chi connectivity index (χ1n) is 9.28. The number of esters is 1. The second-order valence-electron chi connectivity index (χ2n) is 12.4. The molecule has 1 spiro atoms. The molecule has 124 valence electrons. The molecule has 0 aliphatic carbocycles. The molecule has 10 aliphatic rings. The van der Waals surface area contributed by atoms with Crippen molar-refractivity contribution in [2.75, 3.05) is 7.11 Å². The molecule has 0 bridgehead atoms. The molecule has 0 saturated carbocycles. The fraction of sp³-hybridized carbons (Fsp3) is 0.600. The number of hydrogen-bond acceptors (Lipinski definition) is 3. The van der Waals surface area contributed by atoms with Crippen LogP contribution < -0.4 is 0 Å². The van der Waals surface area contributed by atoms with E-state index in [1.54, 1.807) is 7.11 Å². The van der Waals surface area contributed by atoms with Crippen molar-refractivity contribution >= 4 is 11.8 Å². The Balaban J connectivity index is 1.25. The van der Waals surface area contributed by atoms with Crippen molar-refractivity contribution in [1.29, 1.82) is 0 Å². The van der Waals surface area contributed by atoms with E-state index in [0.29, 0.717) is 12.2 Å². The zero-order chi connectivity index (χ0) is 15.6. The summed E-state index contributed by atoms with van der Waals surface area (Å²) in [5, 5.41) is 0. The number of ketones is 1. The summed E-state index contributed by atoms with van der Waals surface area (Å²) in [6, 6.07) is 10.3. The van der Waals surface area contributed by atoms with Gasteiger partial charge < -0.3 is 0 Å². The maximum atomic E-state index is 13.7. The molecule has 1 aromatic rings. The Morgan fingerprint density at radius 3 is 2.00 bits per heavy atom. The van der Waals surface area contributed by atoms with E-state index in [0.717, 1.165) is 38.5 Å². The van der Waals surface area contributed by atoms with Crippen LogP contribution in [0.25, 0.3) is 0 Å². The van der Waals surface area contributed by atoms with Crippen LogP contribution in [-0.2, 0) is 27.3 Å². The van der Waals surface area contributed by atoms with Crippen LogP contribution in [-0.4, -0.2) is 18.9 Å². The van der Waals surface area contributed by atoms with E-state index >= 15 is 0 Å². The Morgan fingerprint density at radius 1 is 0.958 bits per heavy atom. The van der Waals surface area contributed by atoms with Gasteiger partial charge in [-0.05, 0) is 0 Å². The van der Waals surface area contributed by atoms with Gasteiger partial charge in [-0.25, -0.2) is 0 Å². The van der Waals surface area contributed by atoms with Crippen molar-refractivity contribution < 1.29 is 20.8 Å². The number of carbonyl (C=O) groups excluding carboxylic acids is 2.